The van der Waals surface area contributed by atoms with Gasteiger partial charge in [0.05, 0.1) is 36.6 Å². The molecule has 0 saturated carbocycles. The zero-order valence-corrected chi connectivity index (χ0v) is 15.9. The van der Waals surface area contributed by atoms with Crippen molar-refractivity contribution in [1.82, 2.24) is 19.1 Å². The Morgan fingerprint density at radius 3 is 2.70 bits per heavy atom. The van der Waals surface area contributed by atoms with Crippen LogP contribution in [0.1, 0.15) is 21.6 Å². The van der Waals surface area contributed by atoms with E-state index in [0.717, 1.165) is 16.5 Å². The fourth-order valence-electron chi connectivity index (χ4n) is 2.93. The monoisotopic (exact) mass is 388 g/mol. The van der Waals surface area contributed by atoms with Gasteiger partial charge in [0.1, 0.15) is 0 Å². The maximum Gasteiger partial charge on any atom is 0.339 e. The van der Waals surface area contributed by atoms with E-state index in [2.05, 4.69) is 14.8 Å². The number of carbonyl (C=O) groups excluding carboxylic acids is 1. The molecule has 0 fully saturated rings. The molecule has 2 aromatic heterocycles. The minimum atomic E-state index is -2.77. The number of thiol groups is 1. The number of carbonyl (C=O) groups is 1. The SMILES string of the molecule is COC(=O)c1ccc(CN(CCc2cccc3cnn(C)c23)[SH](=O)=O)nc1. The Labute approximate surface area is 158 Å². The van der Waals surface area contributed by atoms with Crippen LogP contribution in [0.25, 0.3) is 10.9 Å². The van der Waals surface area contributed by atoms with E-state index in [1.165, 1.54) is 17.6 Å². The molecule has 9 heteroatoms. The van der Waals surface area contributed by atoms with Crippen LogP contribution in [0.15, 0.2) is 42.7 Å². The van der Waals surface area contributed by atoms with Gasteiger partial charge in [0.2, 0.25) is 10.9 Å². The molecular weight excluding hydrogens is 368 g/mol. The minimum absolute atomic E-state index is 0.140. The first-order valence-electron chi connectivity index (χ1n) is 8.31. The molecule has 1 aromatic carbocycles. The predicted molar refractivity (Wildman–Crippen MR) is 101 cm³/mol. The summed E-state index contributed by atoms with van der Waals surface area (Å²) in [4.78, 5) is 15.6. The van der Waals surface area contributed by atoms with Crippen LogP contribution in [-0.2, 0) is 35.6 Å². The van der Waals surface area contributed by atoms with Crippen molar-refractivity contribution >= 4 is 27.8 Å². The van der Waals surface area contributed by atoms with Crippen LogP contribution >= 0.6 is 0 Å². The quantitative estimate of drug-likeness (QED) is 0.485. The highest BCUT2D eigenvalue weighted by atomic mass is 32.2. The Hall–Kier alpha value is -2.78. The lowest BCUT2D eigenvalue weighted by atomic mass is 10.1. The summed E-state index contributed by atoms with van der Waals surface area (Å²) in [7, 11) is 0.393. The topological polar surface area (TPSA) is 94.4 Å². The van der Waals surface area contributed by atoms with Crippen molar-refractivity contribution in [3.05, 3.63) is 59.5 Å². The smallest absolute Gasteiger partial charge is 0.339 e. The fraction of sp³-hybridized carbons (Fsp3) is 0.278. The van der Waals surface area contributed by atoms with E-state index in [-0.39, 0.29) is 6.54 Å². The zero-order valence-electron chi connectivity index (χ0n) is 15.0. The highest BCUT2D eigenvalue weighted by molar-refractivity contribution is 7.69. The Balaban J connectivity index is 1.73. The summed E-state index contributed by atoms with van der Waals surface area (Å²) in [6, 6.07) is 9.09. The molecule has 0 amide bonds. The lowest BCUT2D eigenvalue weighted by Gasteiger charge is -2.15. The Morgan fingerprint density at radius 2 is 2.04 bits per heavy atom. The maximum atomic E-state index is 11.7. The van der Waals surface area contributed by atoms with Gasteiger partial charge in [-0.1, -0.05) is 18.2 Å². The molecule has 0 aliphatic carbocycles. The minimum Gasteiger partial charge on any atom is -0.465 e. The van der Waals surface area contributed by atoms with Gasteiger partial charge in [0, 0.05) is 25.2 Å². The van der Waals surface area contributed by atoms with Crippen LogP contribution in [0.3, 0.4) is 0 Å². The van der Waals surface area contributed by atoms with E-state index < -0.39 is 16.9 Å². The van der Waals surface area contributed by atoms with Gasteiger partial charge < -0.3 is 4.74 Å². The first-order valence-corrected chi connectivity index (χ1v) is 9.44. The fourth-order valence-corrected chi connectivity index (χ4v) is 3.45. The van der Waals surface area contributed by atoms with E-state index in [4.69, 9.17) is 0 Å². The average molecular weight is 388 g/mol. The number of hydrogen-bond donors (Lipinski definition) is 1. The second kappa shape index (κ2) is 8.28. The van der Waals surface area contributed by atoms with Crippen LogP contribution in [0.2, 0.25) is 0 Å². The van der Waals surface area contributed by atoms with Crippen molar-refractivity contribution in [3.8, 4) is 0 Å². The molecule has 0 aliphatic heterocycles. The van der Waals surface area contributed by atoms with Crippen molar-refractivity contribution < 1.29 is 17.9 Å². The Kier molecular flexibility index (Phi) is 5.82. The summed E-state index contributed by atoms with van der Waals surface area (Å²) in [5.41, 5.74) is 2.91. The molecule has 0 aliphatic rings. The number of aromatic nitrogens is 3. The normalized spacial score (nSPS) is 11.4. The summed E-state index contributed by atoms with van der Waals surface area (Å²) in [6.07, 6.45) is 3.73. The van der Waals surface area contributed by atoms with Gasteiger partial charge in [-0.25, -0.2) is 13.2 Å². The van der Waals surface area contributed by atoms with E-state index >= 15 is 0 Å². The molecule has 3 aromatic rings. The molecular formula is C18H20N4O4S. The summed E-state index contributed by atoms with van der Waals surface area (Å²) in [6.45, 7) is 0.463. The third kappa shape index (κ3) is 4.32. The molecule has 0 atom stereocenters. The molecule has 0 spiro atoms. The first-order chi connectivity index (χ1) is 13.0. The summed E-state index contributed by atoms with van der Waals surface area (Å²) in [5.74, 6) is -0.481. The van der Waals surface area contributed by atoms with Crippen LogP contribution in [-0.4, -0.2) is 47.1 Å². The number of hydrogen-bond acceptors (Lipinski definition) is 6. The lowest BCUT2D eigenvalue weighted by Crippen LogP contribution is -2.24. The largest absolute Gasteiger partial charge is 0.465 e. The van der Waals surface area contributed by atoms with E-state index in [9.17, 15) is 13.2 Å². The molecule has 2 heterocycles. The standard InChI is InChI=1S/C18H20N4O4S/c1-21-17-13(4-3-5-14(17)11-20-21)8-9-22(27(24)25)12-16-7-6-15(10-19-16)18(23)26-2/h3-7,10-11,27H,8-9,12H2,1-2H3. The number of ether oxygens (including phenoxy) is 1. The van der Waals surface area contributed by atoms with Gasteiger partial charge in [0.15, 0.2) is 0 Å². The van der Waals surface area contributed by atoms with Crippen molar-refractivity contribution in [2.24, 2.45) is 7.05 Å². The second-order valence-corrected chi connectivity index (χ2v) is 7.07. The number of nitrogens with zero attached hydrogens (tertiary/aromatic N) is 4. The maximum absolute atomic E-state index is 11.7. The van der Waals surface area contributed by atoms with Gasteiger partial charge >= 0.3 is 5.97 Å². The van der Waals surface area contributed by atoms with Crippen molar-refractivity contribution in [1.29, 1.82) is 0 Å². The van der Waals surface area contributed by atoms with E-state index in [0.29, 0.717) is 24.2 Å². The van der Waals surface area contributed by atoms with Crippen molar-refractivity contribution in [2.75, 3.05) is 13.7 Å². The van der Waals surface area contributed by atoms with E-state index in [1.54, 1.807) is 23.0 Å². The number of benzene rings is 1. The molecule has 8 nitrogen and oxygen atoms in total. The predicted octanol–water partition coefficient (Wildman–Crippen LogP) is 1.33. The number of rotatable bonds is 7. The highest BCUT2D eigenvalue weighted by Crippen LogP contribution is 2.19. The van der Waals surface area contributed by atoms with Crippen LogP contribution in [0, 0.1) is 0 Å². The second-order valence-electron chi connectivity index (χ2n) is 6.03. The van der Waals surface area contributed by atoms with Crippen molar-refractivity contribution in [2.45, 2.75) is 13.0 Å². The van der Waals surface area contributed by atoms with Crippen LogP contribution in [0.4, 0.5) is 0 Å². The molecule has 0 saturated heterocycles. The third-order valence-electron chi connectivity index (χ3n) is 4.30. The Morgan fingerprint density at radius 1 is 1.22 bits per heavy atom. The van der Waals surface area contributed by atoms with Crippen molar-refractivity contribution in [3.63, 3.8) is 0 Å². The summed E-state index contributed by atoms with van der Waals surface area (Å²) >= 11 is 0. The lowest BCUT2D eigenvalue weighted by molar-refractivity contribution is 0.0600. The van der Waals surface area contributed by atoms with Gasteiger partial charge in [-0.2, -0.15) is 9.40 Å². The molecule has 0 N–H and O–H groups in total. The summed E-state index contributed by atoms with van der Waals surface area (Å²) in [5, 5.41) is 5.27. The average Bonchev–Trinajstić information content (AvgIpc) is 3.06. The molecule has 0 unspecified atom stereocenters. The van der Waals surface area contributed by atoms with Gasteiger partial charge in [-0.05, 0) is 24.1 Å². The number of fused-ring (bicyclic) bond motifs is 1. The molecule has 142 valence electrons. The summed E-state index contributed by atoms with van der Waals surface area (Å²) < 4.78 is 31.1. The van der Waals surface area contributed by atoms with Crippen LogP contribution in [0.5, 0.6) is 0 Å². The van der Waals surface area contributed by atoms with Gasteiger partial charge in [-0.3, -0.25) is 9.67 Å². The zero-order chi connectivity index (χ0) is 19.4. The van der Waals surface area contributed by atoms with Crippen LogP contribution < -0.4 is 0 Å². The Bertz CT molecular complexity index is 1020. The third-order valence-corrected chi connectivity index (χ3v) is 5.11. The number of para-hydroxylation sites is 1. The van der Waals surface area contributed by atoms with Gasteiger partial charge in [-0.15, -0.1) is 0 Å². The number of pyridine rings is 1. The number of methoxy groups -OCH3 is 1. The van der Waals surface area contributed by atoms with Gasteiger partial charge in [0.25, 0.3) is 0 Å². The molecule has 3 rings (SSSR count). The molecule has 0 radical (unpaired) electrons. The molecule has 0 bridgehead atoms. The van der Waals surface area contributed by atoms with E-state index in [1.807, 2.05) is 25.2 Å². The number of esters is 1. The molecule has 27 heavy (non-hydrogen) atoms. The first kappa shape index (κ1) is 19.0. The highest BCUT2D eigenvalue weighted by Gasteiger charge is 2.13. The number of aryl methyl sites for hydroxylation is 1.